The lowest BCUT2D eigenvalue weighted by Gasteiger charge is -2.15. The number of imidazole rings is 2. The Hall–Kier alpha value is -6.13. The Morgan fingerprint density at radius 1 is 0.674 bits per heavy atom. The summed E-state index contributed by atoms with van der Waals surface area (Å²) in [6, 6.07) is 33.3. The molecule has 7 rings (SSSR count). The normalized spacial score (nSPS) is 11.8. The van der Waals surface area contributed by atoms with Crippen LogP contribution in [0.2, 0.25) is 0 Å². The van der Waals surface area contributed by atoms with Gasteiger partial charge in [-0.25, -0.2) is 9.97 Å². The van der Waals surface area contributed by atoms with Crippen LogP contribution in [0.4, 0.5) is 11.4 Å². The Morgan fingerprint density at radius 2 is 1.17 bits per heavy atom. The van der Waals surface area contributed by atoms with Crippen molar-refractivity contribution >= 4 is 39.3 Å². The molecule has 0 aliphatic rings. The minimum absolute atomic E-state index is 0.263. The first-order chi connectivity index (χ1) is 22.4. The predicted molar refractivity (Wildman–Crippen MR) is 179 cm³/mol. The van der Waals surface area contributed by atoms with Crippen LogP contribution < -0.4 is 20.1 Å². The third-order valence-electron chi connectivity index (χ3n) is 7.74. The van der Waals surface area contributed by atoms with Gasteiger partial charge in [0, 0.05) is 33.6 Å². The lowest BCUT2D eigenvalue weighted by molar-refractivity contribution is 0.102. The van der Waals surface area contributed by atoms with Crippen molar-refractivity contribution in [2.75, 3.05) is 24.9 Å². The molecule has 0 bridgehead atoms. The number of carbonyl (C=O) groups excluding carboxylic acids is 1. The molecule has 0 fully saturated rings. The van der Waals surface area contributed by atoms with E-state index >= 15 is 0 Å². The molecule has 0 aliphatic carbocycles. The SMILES string of the molecule is COc1ccc(-c2nc3ccc(NC(=O)c4ccc(C(O)Nc5ccc6nc(-c7ccc(OC)cc7)[nH]c6c5)cc4)cc3[nH]2)cc1. The van der Waals surface area contributed by atoms with Gasteiger partial charge in [0.2, 0.25) is 0 Å². The van der Waals surface area contributed by atoms with Crippen LogP contribution in [0, 0.1) is 0 Å². The molecule has 1 unspecified atom stereocenters. The molecule has 5 N–H and O–H groups in total. The summed E-state index contributed by atoms with van der Waals surface area (Å²) in [7, 11) is 3.26. The minimum atomic E-state index is -0.985. The van der Waals surface area contributed by atoms with Gasteiger partial charge in [-0.3, -0.25) is 4.79 Å². The summed E-state index contributed by atoms with van der Waals surface area (Å²) < 4.78 is 10.5. The molecule has 5 aromatic carbocycles. The number of H-pyrrole nitrogens is 2. The average Bonchev–Trinajstić information content (AvgIpc) is 3.72. The quantitative estimate of drug-likeness (QED) is 0.110. The number of hydrogen-bond donors (Lipinski definition) is 5. The van der Waals surface area contributed by atoms with Crippen LogP contribution in [0.3, 0.4) is 0 Å². The Kier molecular flexibility index (Phi) is 7.53. The zero-order chi connectivity index (χ0) is 31.6. The first-order valence-electron chi connectivity index (χ1n) is 14.6. The zero-order valence-corrected chi connectivity index (χ0v) is 25.0. The number of rotatable bonds is 9. The van der Waals surface area contributed by atoms with Gasteiger partial charge in [-0.2, -0.15) is 0 Å². The lowest BCUT2D eigenvalue weighted by atomic mass is 10.1. The van der Waals surface area contributed by atoms with E-state index in [1.807, 2.05) is 84.9 Å². The molecular formula is C36H30N6O4. The van der Waals surface area contributed by atoms with Crippen molar-refractivity contribution in [3.63, 3.8) is 0 Å². The van der Waals surface area contributed by atoms with E-state index in [1.54, 1.807) is 38.5 Å². The molecule has 0 spiro atoms. The maximum atomic E-state index is 13.0. The highest BCUT2D eigenvalue weighted by Crippen LogP contribution is 2.27. The molecule has 2 aromatic heterocycles. The summed E-state index contributed by atoms with van der Waals surface area (Å²) in [6.07, 6.45) is -0.985. The van der Waals surface area contributed by atoms with Crippen LogP contribution in [0.5, 0.6) is 11.5 Å². The number of aliphatic hydroxyl groups is 1. The van der Waals surface area contributed by atoms with Crippen molar-refractivity contribution in [2.24, 2.45) is 0 Å². The van der Waals surface area contributed by atoms with Gasteiger partial charge in [0.25, 0.3) is 5.91 Å². The van der Waals surface area contributed by atoms with Crippen LogP contribution in [0.15, 0.2) is 109 Å². The molecule has 7 aromatic rings. The van der Waals surface area contributed by atoms with Gasteiger partial charge in [0.15, 0.2) is 6.23 Å². The Bertz CT molecular complexity index is 2150. The number of aliphatic hydroxyl groups excluding tert-OH is 1. The number of benzene rings is 5. The largest absolute Gasteiger partial charge is 0.497 e. The lowest BCUT2D eigenvalue weighted by Crippen LogP contribution is -2.13. The van der Waals surface area contributed by atoms with Crippen LogP contribution in [0.1, 0.15) is 22.1 Å². The topological polar surface area (TPSA) is 137 Å². The summed E-state index contributed by atoms with van der Waals surface area (Å²) >= 11 is 0. The van der Waals surface area contributed by atoms with E-state index in [-0.39, 0.29) is 5.91 Å². The molecule has 0 aliphatic heterocycles. The molecule has 10 nitrogen and oxygen atoms in total. The number of aromatic nitrogens is 4. The number of anilines is 2. The Labute approximate surface area is 264 Å². The third-order valence-corrected chi connectivity index (χ3v) is 7.74. The number of fused-ring (bicyclic) bond motifs is 2. The van der Waals surface area contributed by atoms with Crippen molar-refractivity contribution in [3.8, 4) is 34.3 Å². The fourth-order valence-electron chi connectivity index (χ4n) is 5.22. The number of nitrogens with one attached hydrogen (secondary N) is 4. The van der Waals surface area contributed by atoms with Gasteiger partial charge in [-0.1, -0.05) is 12.1 Å². The zero-order valence-electron chi connectivity index (χ0n) is 25.0. The Morgan fingerprint density at radius 3 is 1.70 bits per heavy atom. The van der Waals surface area contributed by atoms with Crippen molar-refractivity contribution in [2.45, 2.75) is 6.23 Å². The van der Waals surface area contributed by atoms with Gasteiger partial charge in [0.1, 0.15) is 23.1 Å². The van der Waals surface area contributed by atoms with E-state index in [0.717, 1.165) is 62.0 Å². The molecule has 0 saturated carbocycles. The van der Waals surface area contributed by atoms with E-state index in [1.165, 1.54) is 0 Å². The highest BCUT2D eigenvalue weighted by molar-refractivity contribution is 6.05. The Balaban J connectivity index is 1.000. The van der Waals surface area contributed by atoms with E-state index in [9.17, 15) is 9.90 Å². The smallest absolute Gasteiger partial charge is 0.255 e. The fourth-order valence-corrected chi connectivity index (χ4v) is 5.22. The van der Waals surface area contributed by atoms with Crippen molar-refractivity contribution < 1.29 is 19.4 Å². The molecule has 10 heteroatoms. The summed E-state index contributed by atoms with van der Waals surface area (Å²) in [5.41, 5.74) is 7.54. The average molecular weight is 611 g/mol. The minimum Gasteiger partial charge on any atom is -0.497 e. The van der Waals surface area contributed by atoms with Crippen molar-refractivity contribution in [3.05, 3.63) is 120 Å². The van der Waals surface area contributed by atoms with Gasteiger partial charge < -0.3 is 35.2 Å². The summed E-state index contributed by atoms with van der Waals surface area (Å²) in [6.45, 7) is 0. The first-order valence-corrected chi connectivity index (χ1v) is 14.6. The van der Waals surface area contributed by atoms with Crippen LogP contribution in [0.25, 0.3) is 44.8 Å². The van der Waals surface area contributed by atoms with Gasteiger partial charge in [0.05, 0.1) is 36.3 Å². The molecule has 2 heterocycles. The maximum absolute atomic E-state index is 13.0. The van der Waals surface area contributed by atoms with Crippen molar-refractivity contribution in [1.82, 2.24) is 19.9 Å². The van der Waals surface area contributed by atoms with Crippen LogP contribution in [-0.2, 0) is 0 Å². The molecular weight excluding hydrogens is 580 g/mol. The summed E-state index contributed by atoms with van der Waals surface area (Å²) in [5.74, 6) is 2.76. The van der Waals surface area contributed by atoms with Gasteiger partial charge in [-0.15, -0.1) is 0 Å². The number of carbonyl (C=O) groups is 1. The van der Waals surface area contributed by atoms with Crippen molar-refractivity contribution in [1.29, 1.82) is 0 Å². The predicted octanol–water partition coefficient (Wildman–Crippen LogP) is 7.15. The molecule has 46 heavy (non-hydrogen) atoms. The number of methoxy groups -OCH3 is 2. The first kappa shape index (κ1) is 28.6. The number of amides is 1. The fraction of sp³-hybridized carbons (Fsp3) is 0.0833. The molecule has 0 saturated heterocycles. The molecule has 1 atom stereocenters. The monoisotopic (exact) mass is 610 g/mol. The van der Waals surface area contributed by atoms with E-state index in [4.69, 9.17) is 9.47 Å². The summed E-state index contributed by atoms with van der Waals surface area (Å²) in [4.78, 5) is 29.0. The number of aromatic amines is 2. The van der Waals surface area contributed by atoms with E-state index in [2.05, 4.69) is 30.6 Å². The second-order valence-electron chi connectivity index (χ2n) is 10.7. The van der Waals surface area contributed by atoms with Crippen LogP contribution >= 0.6 is 0 Å². The van der Waals surface area contributed by atoms with E-state index in [0.29, 0.717) is 16.8 Å². The third kappa shape index (κ3) is 5.84. The second-order valence-corrected chi connectivity index (χ2v) is 10.7. The number of ether oxygens (including phenoxy) is 2. The number of hydrogen-bond acceptors (Lipinski definition) is 7. The molecule has 228 valence electrons. The molecule has 1 amide bonds. The maximum Gasteiger partial charge on any atom is 0.255 e. The van der Waals surface area contributed by atoms with Gasteiger partial charge in [-0.05, 0) is 97.1 Å². The van der Waals surface area contributed by atoms with Gasteiger partial charge >= 0.3 is 0 Å². The van der Waals surface area contributed by atoms with Crippen LogP contribution in [-0.4, -0.2) is 45.2 Å². The van der Waals surface area contributed by atoms with E-state index < -0.39 is 6.23 Å². The standard InChI is InChI=1S/C36H30N6O4/c1-45-27-13-7-21(8-14-27)33-39-29-17-11-25(19-31(29)41-33)37-35(43)23-3-5-24(6-4-23)36(44)38-26-12-18-30-32(20-26)42-34(40-30)22-9-15-28(46-2)16-10-22/h3-20,35,37,43H,1-2H3,(H,38,44)(H,39,41)(H,40,42). The molecule has 0 radical (unpaired) electrons. The highest BCUT2D eigenvalue weighted by atomic mass is 16.5. The highest BCUT2D eigenvalue weighted by Gasteiger charge is 2.13. The second kappa shape index (κ2) is 12.1. The summed E-state index contributed by atoms with van der Waals surface area (Å²) in [5, 5.41) is 16.9. The number of nitrogens with zero attached hydrogens (tertiary/aromatic N) is 2.